The van der Waals surface area contributed by atoms with E-state index in [1.165, 1.54) is 30.6 Å². The number of hydrogen-bond donors (Lipinski definition) is 1. The fourth-order valence-electron chi connectivity index (χ4n) is 4.25. The lowest BCUT2D eigenvalue weighted by Gasteiger charge is -2.38. The highest BCUT2D eigenvalue weighted by Gasteiger charge is 2.43. The zero-order valence-electron chi connectivity index (χ0n) is 13.8. The van der Waals surface area contributed by atoms with Gasteiger partial charge >= 0.3 is 6.18 Å². The average Bonchev–Trinajstić information content (AvgIpc) is 3.04. The van der Waals surface area contributed by atoms with Crippen molar-refractivity contribution in [1.29, 1.82) is 0 Å². The van der Waals surface area contributed by atoms with Gasteiger partial charge in [-0.2, -0.15) is 13.2 Å². The smallest absolute Gasteiger partial charge is 0.356 e. The van der Waals surface area contributed by atoms with Gasteiger partial charge in [0.2, 0.25) is 0 Å². The highest BCUT2D eigenvalue weighted by Crippen LogP contribution is 2.47. The molecule has 2 aliphatic heterocycles. The first kappa shape index (κ1) is 16.9. The van der Waals surface area contributed by atoms with Crippen LogP contribution in [0.2, 0.25) is 0 Å². The highest BCUT2D eigenvalue weighted by molar-refractivity contribution is 5.80. The minimum absolute atomic E-state index is 0.273. The summed E-state index contributed by atoms with van der Waals surface area (Å²) in [5, 5.41) is 3.39. The third kappa shape index (κ3) is 4.11. The van der Waals surface area contributed by atoms with Crippen molar-refractivity contribution < 1.29 is 13.2 Å². The number of aliphatic imine (C=N–C) groups is 1. The van der Waals surface area contributed by atoms with Crippen LogP contribution in [0.15, 0.2) is 4.99 Å². The van der Waals surface area contributed by atoms with Gasteiger partial charge < -0.3 is 10.2 Å². The summed E-state index contributed by atoms with van der Waals surface area (Å²) < 4.78 is 37.3. The molecule has 2 heterocycles. The molecule has 0 aromatic carbocycles. The predicted octanol–water partition coefficient (Wildman–Crippen LogP) is 2.32. The minimum Gasteiger partial charge on any atom is -0.356 e. The summed E-state index contributed by atoms with van der Waals surface area (Å²) in [6, 6.07) is 0. The van der Waals surface area contributed by atoms with E-state index in [0.29, 0.717) is 25.0 Å². The Morgan fingerprint density at radius 1 is 1.26 bits per heavy atom. The summed E-state index contributed by atoms with van der Waals surface area (Å²) >= 11 is 0. The van der Waals surface area contributed by atoms with Crippen molar-refractivity contribution in [2.75, 3.05) is 46.3 Å². The van der Waals surface area contributed by atoms with Gasteiger partial charge in [0.05, 0.1) is 6.54 Å². The van der Waals surface area contributed by atoms with Crippen LogP contribution in [-0.2, 0) is 0 Å². The van der Waals surface area contributed by atoms with E-state index in [-0.39, 0.29) is 5.92 Å². The van der Waals surface area contributed by atoms with Gasteiger partial charge in [-0.3, -0.25) is 9.89 Å². The summed E-state index contributed by atoms with van der Waals surface area (Å²) in [6.45, 7) is 3.12. The van der Waals surface area contributed by atoms with Crippen LogP contribution in [0.4, 0.5) is 13.2 Å². The van der Waals surface area contributed by atoms with Crippen molar-refractivity contribution in [1.82, 2.24) is 15.1 Å². The Hall–Kier alpha value is -0.980. The van der Waals surface area contributed by atoms with E-state index in [1.807, 2.05) is 0 Å². The number of hydrogen-bond acceptors (Lipinski definition) is 2. The van der Waals surface area contributed by atoms with Crippen LogP contribution in [0.3, 0.4) is 0 Å². The van der Waals surface area contributed by atoms with Crippen LogP contribution >= 0.6 is 0 Å². The molecule has 3 fully saturated rings. The Morgan fingerprint density at radius 2 is 2.04 bits per heavy atom. The molecule has 1 spiro atoms. The zero-order valence-corrected chi connectivity index (χ0v) is 13.8. The lowest BCUT2D eigenvalue weighted by molar-refractivity contribution is -0.143. The van der Waals surface area contributed by atoms with E-state index in [2.05, 4.69) is 15.2 Å². The quantitative estimate of drug-likeness (QED) is 0.636. The second-order valence-electron chi connectivity index (χ2n) is 7.46. The highest BCUT2D eigenvalue weighted by atomic mass is 19.4. The number of likely N-dealkylation sites (tertiary alicyclic amines) is 2. The van der Waals surface area contributed by atoms with E-state index in [9.17, 15) is 13.2 Å². The van der Waals surface area contributed by atoms with Crippen LogP contribution < -0.4 is 5.32 Å². The van der Waals surface area contributed by atoms with Gasteiger partial charge in [-0.1, -0.05) is 6.42 Å². The summed E-state index contributed by atoms with van der Waals surface area (Å²) in [6.07, 6.45) is 1.98. The Morgan fingerprint density at radius 3 is 2.61 bits per heavy atom. The molecule has 0 aromatic rings. The van der Waals surface area contributed by atoms with Gasteiger partial charge in [-0.05, 0) is 43.6 Å². The molecule has 0 bridgehead atoms. The van der Waals surface area contributed by atoms with Crippen molar-refractivity contribution in [3.63, 3.8) is 0 Å². The normalized spacial score (nSPS) is 28.4. The third-order valence-corrected chi connectivity index (χ3v) is 5.69. The van der Waals surface area contributed by atoms with E-state index in [1.54, 1.807) is 7.05 Å². The zero-order chi connectivity index (χ0) is 16.5. The summed E-state index contributed by atoms with van der Waals surface area (Å²) in [7, 11) is 1.79. The van der Waals surface area contributed by atoms with E-state index in [0.717, 1.165) is 25.5 Å². The SMILES string of the molecule is CN=C(NCC1CCN(CC(F)(F)F)C1)N1CCC2(CCC2)C1. The number of guanidine groups is 1. The van der Waals surface area contributed by atoms with Crippen LogP contribution in [-0.4, -0.2) is 68.3 Å². The number of nitrogens with one attached hydrogen (secondary N) is 1. The number of halogens is 3. The van der Waals surface area contributed by atoms with E-state index < -0.39 is 12.7 Å². The van der Waals surface area contributed by atoms with Crippen molar-refractivity contribution in [2.24, 2.45) is 16.3 Å². The van der Waals surface area contributed by atoms with Gasteiger partial charge in [0.1, 0.15) is 0 Å². The van der Waals surface area contributed by atoms with Crippen molar-refractivity contribution in [2.45, 2.75) is 38.3 Å². The molecule has 0 radical (unpaired) electrons. The lowest BCUT2D eigenvalue weighted by Crippen LogP contribution is -2.44. The largest absolute Gasteiger partial charge is 0.401 e. The van der Waals surface area contributed by atoms with Crippen molar-refractivity contribution >= 4 is 5.96 Å². The Balaban J connectivity index is 1.43. The molecule has 2 saturated heterocycles. The minimum atomic E-state index is -4.09. The molecule has 7 heteroatoms. The molecule has 3 rings (SSSR count). The maximum absolute atomic E-state index is 12.4. The van der Waals surface area contributed by atoms with Crippen LogP contribution in [0, 0.1) is 11.3 Å². The Bertz CT molecular complexity index is 445. The molecule has 1 atom stereocenters. The fourth-order valence-corrected chi connectivity index (χ4v) is 4.25. The summed E-state index contributed by atoms with van der Waals surface area (Å²) in [4.78, 5) is 8.20. The number of rotatable bonds is 3. The first-order valence-electron chi connectivity index (χ1n) is 8.64. The maximum atomic E-state index is 12.4. The lowest BCUT2D eigenvalue weighted by atomic mass is 9.68. The van der Waals surface area contributed by atoms with Gasteiger partial charge in [0.25, 0.3) is 0 Å². The van der Waals surface area contributed by atoms with E-state index >= 15 is 0 Å². The first-order chi connectivity index (χ1) is 10.9. The molecule has 1 N–H and O–H groups in total. The summed E-state index contributed by atoms with van der Waals surface area (Å²) in [5.41, 5.74) is 0.522. The predicted molar refractivity (Wildman–Crippen MR) is 84.4 cm³/mol. The van der Waals surface area contributed by atoms with Gasteiger partial charge in [0, 0.05) is 33.2 Å². The van der Waals surface area contributed by atoms with Gasteiger partial charge in [-0.15, -0.1) is 0 Å². The molecular weight excluding hydrogens is 305 g/mol. The molecule has 23 heavy (non-hydrogen) atoms. The molecule has 1 saturated carbocycles. The van der Waals surface area contributed by atoms with Crippen LogP contribution in [0.5, 0.6) is 0 Å². The fraction of sp³-hybridized carbons (Fsp3) is 0.938. The van der Waals surface area contributed by atoms with Gasteiger partial charge in [0.15, 0.2) is 5.96 Å². The standard InChI is InChI=1S/C16H27F3N4/c1-20-14(23-8-6-15(11-23)4-2-5-15)21-9-13-3-7-22(10-13)12-16(17,18)19/h13H,2-12H2,1H3,(H,20,21). The molecule has 4 nitrogen and oxygen atoms in total. The second kappa shape index (κ2) is 6.49. The monoisotopic (exact) mass is 332 g/mol. The molecule has 132 valence electrons. The molecule has 0 aromatic heterocycles. The first-order valence-corrected chi connectivity index (χ1v) is 8.64. The topological polar surface area (TPSA) is 30.9 Å². The molecule has 1 unspecified atom stereocenters. The Labute approximate surface area is 136 Å². The molecule has 0 amide bonds. The third-order valence-electron chi connectivity index (χ3n) is 5.69. The molecule has 3 aliphatic rings. The van der Waals surface area contributed by atoms with Crippen LogP contribution in [0.25, 0.3) is 0 Å². The molecule has 1 aliphatic carbocycles. The van der Waals surface area contributed by atoms with Gasteiger partial charge in [-0.25, -0.2) is 0 Å². The summed E-state index contributed by atoms with van der Waals surface area (Å²) in [5.74, 6) is 1.19. The number of nitrogens with zero attached hydrogens (tertiary/aromatic N) is 3. The van der Waals surface area contributed by atoms with Crippen molar-refractivity contribution in [3.8, 4) is 0 Å². The molecular formula is C16H27F3N4. The maximum Gasteiger partial charge on any atom is 0.401 e. The van der Waals surface area contributed by atoms with Crippen molar-refractivity contribution in [3.05, 3.63) is 0 Å². The second-order valence-corrected chi connectivity index (χ2v) is 7.46. The Kier molecular flexibility index (Phi) is 4.76. The average molecular weight is 332 g/mol. The number of alkyl halides is 3. The van der Waals surface area contributed by atoms with Crippen LogP contribution in [0.1, 0.15) is 32.1 Å². The van der Waals surface area contributed by atoms with E-state index in [4.69, 9.17) is 0 Å².